The zero-order valence-electron chi connectivity index (χ0n) is 16.6. The van der Waals surface area contributed by atoms with E-state index in [4.69, 9.17) is 21.5 Å². The Morgan fingerprint density at radius 1 is 1.10 bits per heavy atom. The summed E-state index contributed by atoms with van der Waals surface area (Å²) in [5.74, 6) is -0.704. The van der Waals surface area contributed by atoms with Crippen LogP contribution in [0.2, 0.25) is 5.02 Å². The zero-order chi connectivity index (χ0) is 22.8. The number of ether oxygens (including phenoxy) is 1. The summed E-state index contributed by atoms with van der Waals surface area (Å²) >= 11 is 5.98. The van der Waals surface area contributed by atoms with Crippen molar-refractivity contribution in [1.82, 2.24) is 3.97 Å². The molecule has 2 aromatic carbocycles. The fourth-order valence-electron chi connectivity index (χ4n) is 2.86. The van der Waals surface area contributed by atoms with Crippen molar-refractivity contribution in [1.29, 1.82) is 0 Å². The number of carbonyl (C=O) groups is 1. The first-order valence-corrected chi connectivity index (χ1v) is 12.8. The maximum atomic E-state index is 13.0. The van der Waals surface area contributed by atoms with Gasteiger partial charge in [-0.3, -0.25) is 0 Å². The molecule has 0 saturated heterocycles. The topological polar surface area (TPSA) is 126 Å². The second-order valence-corrected chi connectivity index (χ2v) is 10.9. The number of sulfonamides is 1. The Kier molecular flexibility index (Phi) is 6.75. The van der Waals surface area contributed by atoms with Gasteiger partial charge in [-0.15, -0.1) is 0 Å². The Bertz CT molecular complexity index is 1310. The van der Waals surface area contributed by atoms with Crippen LogP contribution in [0.5, 0.6) is 0 Å². The van der Waals surface area contributed by atoms with Crippen LogP contribution in [-0.4, -0.2) is 38.6 Å². The Morgan fingerprint density at radius 2 is 1.74 bits per heavy atom. The monoisotopic (exact) mass is 484 g/mol. The quantitative estimate of drug-likeness (QED) is 0.554. The summed E-state index contributed by atoms with van der Waals surface area (Å²) in [4.78, 5) is 12.3. The van der Waals surface area contributed by atoms with Crippen molar-refractivity contribution in [2.75, 3.05) is 6.61 Å². The summed E-state index contributed by atoms with van der Waals surface area (Å²) in [7, 11) is -7.09. The van der Waals surface area contributed by atoms with Crippen LogP contribution >= 0.6 is 11.6 Å². The number of nitrogens with zero attached hydrogens (tertiary/aromatic N) is 1. The molecule has 1 heterocycles. The van der Waals surface area contributed by atoms with Crippen molar-refractivity contribution in [3.63, 3.8) is 0 Å². The van der Waals surface area contributed by atoms with Crippen LogP contribution in [0, 0.1) is 0 Å². The number of hydrogen-bond acceptors (Lipinski definition) is 6. The number of rotatable bonds is 5. The molecule has 11 heteroatoms. The van der Waals surface area contributed by atoms with Gasteiger partial charge in [-0.25, -0.2) is 30.7 Å². The van der Waals surface area contributed by atoms with Gasteiger partial charge in [0.25, 0.3) is 10.0 Å². The molecule has 0 spiro atoms. The molecule has 1 fully saturated rings. The third kappa shape index (κ3) is 5.27. The molecule has 4 rings (SSSR count). The van der Waals surface area contributed by atoms with Crippen molar-refractivity contribution < 1.29 is 26.4 Å². The van der Waals surface area contributed by atoms with E-state index in [0.29, 0.717) is 15.9 Å². The number of benzene rings is 2. The molecular weight excluding hydrogens is 464 g/mol. The van der Waals surface area contributed by atoms with Gasteiger partial charge in [-0.1, -0.05) is 29.8 Å². The highest BCUT2D eigenvalue weighted by atomic mass is 35.5. The van der Waals surface area contributed by atoms with Crippen LogP contribution in [-0.2, 0) is 24.8 Å². The summed E-state index contributed by atoms with van der Waals surface area (Å²) in [6.07, 6.45) is 1.53. The van der Waals surface area contributed by atoms with Crippen LogP contribution in [0.1, 0.15) is 30.3 Å². The molecule has 3 aromatic rings. The Morgan fingerprint density at radius 3 is 2.26 bits per heavy atom. The molecule has 0 bridgehead atoms. The first-order chi connectivity index (χ1) is 14.6. The van der Waals surface area contributed by atoms with E-state index >= 15 is 0 Å². The average molecular weight is 485 g/mol. The van der Waals surface area contributed by atoms with E-state index in [1.807, 2.05) is 0 Å². The van der Waals surface area contributed by atoms with Crippen LogP contribution in [0.4, 0.5) is 0 Å². The van der Waals surface area contributed by atoms with E-state index in [-0.39, 0.29) is 22.4 Å². The van der Waals surface area contributed by atoms with Gasteiger partial charge < -0.3 is 4.74 Å². The van der Waals surface area contributed by atoms with E-state index in [2.05, 4.69) is 0 Å². The normalized spacial score (nSPS) is 14.0. The minimum absolute atomic E-state index is 0.0574. The fraction of sp³-hybridized carbons (Fsp3) is 0.250. The number of esters is 1. The molecule has 0 unspecified atom stereocenters. The number of hydrogen-bond donors (Lipinski definition) is 1. The summed E-state index contributed by atoms with van der Waals surface area (Å²) in [5, 5.41) is 5.51. The molecule has 0 atom stereocenters. The average Bonchev–Trinajstić information content (AvgIpc) is 3.50. The van der Waals surface area contributed by atoms with Crippen molar-refractivity contribution in [2.45, 2.75) is 29.9 Å². The smallest absolute Gasteiger partial charge is 0.356 e. The summed E-state index contributed by atoms with van der Waals surface area (Å²) in [6, 6.07) is 14.2. The van der Waals surface area contributed by atoms with Gasteiger partial charge in [0, 0.05) is 10.4 Å². The molecule has 1 aromatic heterocycles. The van der Waals surface area contributed by atoms with Crippen molar-refractivity contribution in [3.8, 4) is 0 Å². The Hall–Kier alpha value is -2.40. The molecule has 1 aliphatic rings. The van der Waals surface area contributed by atoms with Crippen LogP contribution in [0.3, 0.4) is 0 Å². The molecule has 0 radical (unpaired) electrons. The number of nitrogens with two attached hydrogens (primary N) is 1. The van der Waals surface area contributed by atoms with Crippen molar-refractivity contribution in [3.05, 3.63) is 65.3 Å². The highest BCUT2D eigenvalue weighted by Gasteiger charge is 2.32. The third-order valence-corrected chi connectivity index (χ3v) is 7.85. The second kappa shape index (κ2) is 8.99. The fourth-order valence-corrected chi connectivity index (χ4v) is 5.36. The molecule has 0 aliphatic heterocycles. The first kappa shape index (κ1) is 23.3. The standard InChI is InChI=1S/C17H14ClNO4S.C3H7NO2S/c1-2-23-17(20)16-11-12-10-13(18)8-9-15(12)19(16)24(21,22)14-6-4-3-5-7-14;4-7(5,6)3-1-2-3/h3-11H,2H2,1H3;3H,1-2H2,(H2,4,5,6). The molecule has 31 heavy (non-hydrogen) atoms. The highest BCUT2D eigenvalue weighted by molar-refractivity contribution is 7.90. The lowest BCUT2D eigenvalue weighted by Gasteiger charge is -2.11. The van der Waals surface area contributed by atoms with E-state index in [0.717, 1.165) is 16.8 Å². The number of carbonyl (C=O) groups excluding carboxylic acids is 1. The van der Waals surface area contributed by atoms with Crippen molar-refractivity contribution in [2.24, 2.45) is 5.14 Å². The SMILES string of the molecule is CCOC(=O)c1cc2cc(Cl)ccc2n1S(=O)(=O)c1ccccc1.NS(=O)(=O)C1CC1. The van der Waals surface area contributed by atoms with Crippen molar-refractivity contribution >= 4 is 48.5 Å². The molecule has 1 aliphatic carbocycles. The number of halogens is 1. The Labute approximate surface area is 185 Å². The predicted molar refractivity (Wildman–Crippen MR) is 118 cm³/mol. The number of aromatic nitrogens is 1. The van der Waals surface area contributed by atoms with Gasteiger partial charge in [0.05, 0.1) is 22.3 Å². The maximum absolute atomic E-state index is 13.0. The van der Waals surface area contributed by atoms with Crippen LogP contribution in [0.15, 0.2) is 59.5 Å². The highest BCUT2D eigenvalue weighted by Crippen LogP contribution is 2.28. The van der Waals surface area contributed by atoms with Crippen LogP contribution < -0.4 is 5.14 Å². The number of primary sulfonamides is 1. The largest absolute Gasteiger partial charge is 0.461 e. The van der Waals surface area contributed by atoms with Crippen LogP contribution in [0.25, 0.3) is 10.9 Å². The molecular formula is C20H21ClN2O6S2. The molecule has 8 nitrogen and oxygen atoms in total. The van der Waals surface area contributed by atoms with Gasteiger partial charge in [0.1, 0.15) is 5.69 Å². The molecule has 2 N–H and O–H groups in total. The summed E-state index contributed by atoms with van der Waals surface area (Å²) < 4.78 is 52.4. The first-order valence-electron chi connectivity index (χ1n) is 9.36. The maximum Gasteiger partial charge on any atom is 0.356 e. The van der Waals surface area contributed by atoms with Gasteiger partial charge in [0.2, 0.25) is 10.0 Å². The van der Waals surface area contributed by atoms with Gasteiger partial charge in [-0.2, -0.15) is 0 Å². The third-order valence-electron chi connectivity index (χ3n) is 4.47. The van der Waals surface area contributed by atoms with E-state index < -0.39 is 26.0 Å². The lowest BCUT2D eigenvalue weighted by atomic mass is 10.2. The number of fused-ring (bicyclic) bond motifs is 1. The minimum Gasteiger partial charge on any atom is -0.461 e. The Balaban J connectivity index is 0.000000330. The lowest BCUT2D eigenvalue weighted by molar-refractivity contribution is 0.0518. The second-order valence-electron chi connectivity index (χ2n) is 6.82. The zero-order valence-corrected chi connectivity index (χ0v) is 19.0. The van der Waals surface area contributed by atoms with Gasteiger partial charge in [0.15, 0.2) is 0 Å². The summed E-state index contributed by atoms with van der Waals surface area (Å²) in [5.41, 5.74) is 0.310. The van der Waals surface area contributed by atoms with E-state index in [1.165, 1.54) is 18.2 Å². The van der Waals surface area contributed by atoms with E-state index in [9.17, 15) is 21.6 Å². The lowest BCUT2D eigenvalue weighted by Crippen LogP contribution is -2.19. The van der Waals surface area contributed by atoms with Gasteiger partial charge in [-0.05, 0) is 56.2 Å². The molecule has 0 amide bonds. The van der Waals surface area contributed by atoms with Gasteiger partial charge >= 0.3 is 5.97 Å². The minimum atomic E-state index is -3.96. The summed E-state index contributed by atoms with van der Waals surface area (Å²) in [6.45, 7) is 1.81. The van der Waals surface area contributed by atoms with E-state index in [1.54, 1.807) is 43.3 Å². The molecule has 166 valence electrons. The predicted octanol–water partition coefficient (Wildman–Crippen LogP) is 3.15. The molecule has 1 saturated carbocycles.